The van der Waals surface area contributed by atoms with Gasteiger partial charge in [-0.3, -0.25) is 9.59 Å². The summed E-state index contributed by atoms with van der Waals surface area (Å²) in [6, 6.07) is 10.2. The summed E-state index contributed by atoms with van der Waals surface area (Å²) in [5, 5.41) is 10.1. The predicted molar refractivity (Wildman–Crippen MR) is 97.6 cm³/mol. The van der Waals surface area contributed by atoms with Gasteiger partial charge < -0.3 is 4.98 Å². The first kappa shape index (κ1) is 17.2. The molecule has 124 valence electrons. The minimum atomic E-state index is -0.410. The van der Waals surface area contributed by atoms with E-state index in [0.29, 0.717) is 11.1 Å². The molecule has 4 nitrogen and oxygen atoms in total. The number of hydrogen-bond acceptors (Lipinski definition) is 3. The van der Waals surface area contributed by atoms with Gasteiger partial charge in [-0.15, -0.1) is 0 Å². The Balaban J connectivity index is 2.18. The molecular formula is C19H12Cl2N2O2. The molecule has 0 saturated heterocycles. The lowest BCUT2D eigenvalue weighted by atomic mass is 10.0. The van der Waals surface area contributed by atoms with Crippen LogP contribution < -0.4 is 0 Å². The summed E-state index contributed by atoms with van der Waals surface area (Å²) in [5.41, 5.74) is 2.67. The standard InChI is InChI=1S/C19H12Cl2N2O2/c1-9-5-11(8-22)6-15-13(9)7-16(23-15)19(25)17-14(20)4-3-12(10(2)24)18(17)21/h3-7,23H,1-2H3. The molecule has 0 aliphatic rings. The van der Waals surface area contributed by atoms with E-state index in [1.54, 1.807) is 18.2 Å². The summed E-state index contributed by atoms with van der Waals surface area (Å²) >= 11 is 12.4. The molecule has 0 bridgehead atoms. The average Bonchev–Trinajstić information content (AvgIpc) is 2.99. The number of nitrogens with zero attached hydrogens (tertiary/aromatic N) is 1. The van der Waals surface area contributed by atoms with Crippen molar-refractivity contribution in [3.63, 3.8) is 0 Å². The molecule has 1 N–H and O–H groups in total. The van der Waals surface area contributed by atoms with Crippen LogP contribution >= 0.6 is 23.2 Å². The van der Waals surface area contributed by atoms with E-state index in [0.717, 1.165) is 10.9 Å². The van der Waals surface area contributed by atoms with Gasteiger partial charge in [0.1, 0.15) is 0 Å². The van der Waals surface area contributed by atoms with Crippen LogP contribution in [-0.4, -0.2) is 16.6 Å². The fraction of sp³-hybridized carbons (Fsp3) is 0.105. The molecular weight excluding hydrogens is 359 g/mol. The third-order valence-corrected chi connectivity index (χ3v) is 4.72. The Morgan fingerprint density at radius 2 is 1.88 bits per heavy atom. The Morgan fingerprint density at radius 3 is 2.52 bits per heavy atom. The number of nitrogens with one attached hydrogen (secondary N) is 1. The number of rotatable bonds is 3. The van der Waals surface area contributed by atoms with Crippen molar-refractivity contribution in [2.24, 2.45) is 0 Å². The Labute approximate surface area is 154 Å². The van der Waals surface area contributed by atoms with Gasteiger partial charge >= 0.3 is 0 Å². The van der Waals surface area contributed by atoms with Gasteiger partial charge in [-0.2, -0.15) is 5.26 Å². The quantitative estimate of drug-likeness (QED) is 0.652. The van der Waals surface area contributed by atoms with Crippen LogP contribution in [0.1, 0.15) is 44.5 Å². The second-order valence-corrected chi connectivity index (χ2v) is 6.50. The third kappa shape index (κ3) is 2.93. The lowest BCUT2D eigenvalue weighted by Gasteiger charge is -2.08. The Morgan fingerprint density at radius 1 is 1.16 bits per heavy atom. The maximum atomic E-state index is 12.9. The number of aromatic nitrogens is 1. The highest BCUT2D eigenvalue weighted by atomic mass is 35.5. The molecule has 0 spiro atoms. The number of hydrogen-bond donors (Lipinski definition) is 1. The van der Waals surface area contributed by atoms with E-state index in [1.165, 1.54) is 19.1 Å². The molecule has 0 amide bonds. The largest absolute Gasteiger partial charge is 0.352 e. The highest BCUT2D eigenvalue weighted by Gasteiger charge is 2.22. The highest BCUT2D eigenvalue weighted by molar-refractivity contribution is 6.42. The first-order chi connectivity index (χ1) is 11.8. The lowest BCUT2D eigenvalue weighted by molar-refractivity contribution is 0.101. The van der Waals surface area contributed by atoms with Gasteiger partial charge in [0, 0.05) is 16.5 Å². The van der Waals surface area contributed by atoms with E-state index in [2.05, 4.69) is 11.1 Å². The molecule has 1 heterocycles. The molecule has 25 heavy (non-hydrogen) atoms. The topological polar surface area (TPSA) is 73.7 Å². The van der Waals surface area contributed by atoms with Crippen LogP contribution in [0.2, 0.25) is 10.0 Å². The second-order valence-electron chi connectivity index (χ2n) is 5.72. The summed E-state index contributed by atoms with van der Waals surface area (Å²) < 4.78 is 0. The van der Waals surface area contributed by atoms with Crippen LogP contribution in [-0.2, 0) is 0 Å². The summed E-state index contributed by atoms with van der Waals surface area (Å²) in [6.45, 7) is 3.24. The zero-order chi connectivity index (χ0) is 18.3. The van der Waals surface area contributed by atoms with E-state index < -0.39 is 5.78 Å². The molecule has 2 aromatic carbocycles. The molecule has 0 aliphatic heterocycles. The molecule has 6 heteroatoms. The number of aromatic amines is 1. The van der Waals surface area contributed by atoms with Crippen molar-refractivity contribution in [1.29, 1.82) is 5.26 Å². The van der Waals surface area contributed by atoms with E-state index in [9.17, 15) is 9.59 Å². The zero-order valence-corrected chi connectivity index (χ0v) is 14.9. The van der Waals surface area contributed by atoms with Gasteiger partial charge in [-0.25, -0.2) is 0 Å². The maximum Gasteiger partial charge on any atom is 0.212 e. The normalized spacial score (nSPS) is 10.7. The molecule has 1 aromatic heterocycles. The molecule has 0 aliphatic carbocycles. The minimum Gasteiger partial charge on any atom is -0.352 e. The number of carbonyl (C=O) groups is 2. The molecule has 0 saturated carbocycles. The lowest BCUT2D eigenvalue weighted by Crippen LogP contribution is -2.07. The van der Waals surface area contributed by atoms with E-state index in [1.807, 2.05) is 6.92 Å². The number of benzene rings is 2. The smallest absolute Gasteiger partial charge is 0.212 e. The summed E-state index contributed by atoms with van der Waals surface area (Å²) in [6.07, 6.45) is 0. The molecule has 3 aromatic rings. The van der Waals surface area contributed by atoms with Gasteiger partial charge in [0.15, 0.2) is 5.78 Å². The number of carbonyl (C=O) groups excluding carboxylic acids is 2. The van der Waals surface area contributed by atoms with Gasteiger partial charge in [0.05, 0.1) is 32.9 Å². The maximum absolute atomic E-state index is 12.9. The van der Waals surface area contributed by atoms with Gasteiger partial charge in [-0.05, 0) is 49.7 Å². The monoisotopic (exact) mass is 370 g/mol. The molecule has 0 fully saturated rings. The van der Waals surface area contributed by atoms with Crippen molar-refractivity contribution in [3.05, 3.63) is 68.3 Å². The number of Topliss-reactive ketones (excluding diaryl/α,β-unsaturated/α-hetero) is 1. The van der Waals surface area contributed by atoms with Crippen molar-refractivity contribution >= 4 is 45.7 Å². The van der Waals surface area contributed by atoms with E-state index in [4.69, 9.17) is 28.5 Å². The van der Waals surface area contributed by atoms with Crippen LogP contribution in [0.3, 0.4) is 0 Å². The summed E-state index contributed by atoms with van der Waals surface area (Å²) in [4.78, 5) is 27.6. The van der Waals surface area contributed by atoms with Crippen LogP contribution in [0.15, 0.2) is 30.3 Å². The summed E-state index contributed by atoms with van der Waals surface area (Å²) in [7, 11) is 0. The van der Waals surface area contributed by atoms with Crippen LogP contribution in [0.25, 0.3) is 10.9 Å². The van der Waals surface area contributed by atoms with Crippen molar-refractivity contribution in [2.45, 2.75) is 13.8 Å². The van der Waals surface area contributed by atoms with Gasteiger partial charge in [0.2, 0.25) is 5.78 Å². The van der Waals surface area contributed by atoms with Gasteiger partial charge in [-0.1, -0.05) is 23.2 Å². The van der Waals surface area contributed by atoms with Gasteiger partial charge in [0.25, 0.3) is 0 Å². The number of ketones is 2. The van der Waals surface area contributed by atoms with Crippen LogP contribution in [0.5, 0.6) is 0 Å². The minimum absolute atomic E-state index is 0.0399. The second kappa shape index (κ2) is 6.36. The van der Waals surface area contributed by atoms with E-state index in [-0.39, 0.29) is 32.6 Å². The number of H-pyrrole nitrogens is 1. The SMILES string of the molecule is CC(=O)c1ccc(Cl)c(C(=O)c2cc3c(C)cc(C#N)cc3[nH]2)c1Cl. The number of halogens is 2. The first-order valence-corrected chi connectivity index (χ1v) is 8.16. The molecule has 0 unspecified atom stereocenters. The number of fused-ring (bicyclic) bond motifs is 1. The Hall–Kier alpha value is -2.61. The Bertz CT molecular complexity index is 1090. The van der Waals surface area contributed by atoms with Crippen molar-refractivity contribution < 1.29 is 9.59 Å². The number of nitriles is 1. The molecule has 3 rings (SSSR count). The third-order valence-electron chi connectivity index (χ3n) is 4.02. The zero-order valence-electron chi connectivity index (χ0n) is 13.4. The van der Waals surface area contributed by atoms with Crippen molar-refractivity contribution in [1.82, 2.24) is 4.98 Å². The fourth-order valence-corrected chi connectivity index (χ4v) is 3.45. The predicted octanol–water partition coefficient (Wildman–Crippen LogP) is 5.09. The fourth-order valence-electron chi connectivity index (χ4n) is 2.77. The van der Waals surface area contributed by atoms with Crippen LogP contribution in [0, 0.1) is 18.3 Å². The van der Waals surface area contributed by atoms with Crippen molar-refractivity contribution in [3.8, 4) is 6.07 Å². The van der Waals surface area contributed by atoms with E-state index >= 15 is 0 Å². The highest BCUT2D eigenvalue weighted by Crippen LogP contribution is 2.32. The molecule has 0 radical (unpaired) electrons. The Kier molecular flexibility index (Phi) is 4.38. The summed E-state index contributed by atoms with van der Waals surface area (Å²) in [5.74, 6) is -0.658. The number of aryl methyl sites for hydroxylation is 1. The van der Waals surface area contributed by atoms with Crippen molar-refractivity contribution in [2.75, 3.05) is 0 Å². The first-order valence-electron chi connectivity index (χ1n) is 7.40. The molecule has 0 atom stereocenters. The van der Waals surface area contributed by atoms with Crippen LogP contribution in [0.4, 0.5) is 0 Å². The average molecular weight is 371 g/mol.